The standard InChI is InChI=1S/C13H16N4O2/c1-3-16-9-11(8-14-16)10(2)15-12-4-6-13(7-5-12)17(18)19/h4-10,15H,3H2,1-2H3. The molecule has 6 nitrogen and oxygen atoms in total. The van der Waals surface area contributed by atoms with Gasteiger partial charge in [-0.15, -0.1) is 0 Å². The highest BCUT2D eigenvalue weighted by atomic mass is 16.6. The minimum Gasteiger partial charge on any atom is -0.378 e. The smallest absolute Gasteiger partial charge is 0.269 e. The SMILES string of the molecule is CCn1cc(C(C)Nc2ccc([N+](=O)[O-])cc2)cn1. The topological polar surface area (TPSA) is 73.0 Å². The molecule has 0 aliphatic rings. The van der Waals surface area contributed by atoms with Crippen LogP contribution in [-0.2, 0) is 6.54 Å². The highest BCUT2D eigenvalue weighted by molar-refractivity contribution is 5.49. The number of non-ortho nitro benzene ring substituents is 1. The predicted molar refractivity (Wildman–Crippen MR) is 73.0 cm³/mol. The van der Waals surface area contributed by atoms with Gasteiger partial charge in [0.15, 0.2) is 0 Å². The van der Waals surface area contributed by atoms with Crippen LogP contribution in [0.3, 0.4) is 0 Å². The van der Waals surface area contributed by atoms with E-state index in [4.69, 9.17) is 0 Å². The first-order valence-electron chi connectivity index (χ1n) is 6.13. The number of nitrogens with zero attached hydrogens (tertiary/aromatic N) is 3. The molecule has 1 aromatic carbocycles. The number of rotatable bonds is 5. The Kier molecular flexibility index (Phi) is 3.79. The molecule has 0 spiro atoms. The van der Waals surface area contributed by atoms with Gasteiger partial charge in [0.25, 0.3) is 5.69 Å². The number of aryl methyl sites for hydroxylation is 1. The van der Waals surface area contributed by atoms with Gasteiger partial charge in [-0.05, 0) is 26.0 Å². The number of aromatic nitrogens is 2. The quantitative estimate of drug-likeness (QED) is 0.662. The Morgan fingerprint density at radius 3 is 2.63 bits per heavy atom. The van der Waals surface area contributed by atoms with Gasteiger partial charge < -0.3 is 5.32 Å². The van der Waals surface area contributed by atoms with E-state index < -0.39 is 4.92 Å². The van der Waals surface area contributed by atoms with E-state index in [2.05, 4.69) is 10.4 Å². The van der Waals surface area contributed by atoms with Gasteiger partial charge in [0.1, 0.15) is 0 Å². The van der Waals surface area contributed by atoms with Crippen LogP contribution in [0.2, 0.25) is 0 Å². The van der Waals surface area contributed by atoms with Crippen LogP contribution in [0.5, 0.6) is 0 Å². The summed E-state index contributed by atoms with van der Waals surface area (Å²) < 4.78 is 1.86. The number of nitrogens with one attached hydrogen (secondary N) is 1. The molecule has 19 heavy (non-hydrogen) atoms. The highest BCUT2D eigenvalue weighted by Crippen LogP contribution is 2.21. The predicted octanol–water partition coefficient (Wildman–Crippen LogP) is 2.98. The Morgan fingerprint density at radius 1 is 1.42 bits per heavy atom. The van der Waals surface area contributed by atoms with Gasteiger partial charge in [0.05, 0.1) is 17.2 Å². The molecule has 2 aromatic rings. The van der Waals surface area contributed by atoms with Gasteiger partial charge >= 0.3 is 0 Å². The first-order chi connectivity index (χ1) is 9.10. The molecule has 2 rings (SSSR count). The van der Waals surface area contributed by atoms with Crippen molar-refractivity contribution in [2.24, 2.45) is 0 Å². The van der Waals surface area contributed by atoms with Crippen molar-refractivity contribution in [1.29, 1.82) is 0 Å². The molecule has 1 atom stereocenters. The fraction of sp³-hybridized carbons (Fsp3) is 0.308. The van der Waals surface area contributed by atoms with E-state index in [9.17, 15) is 10.1 Å². The maximum atomic E-state index is 10.6. The largest absolute Gasteiger partial charge is 0.378 e. The average molecular weight is 260 g/mol. The number of nitro benzene ring substituents is 1. The lowest BCUT2D eigenvalue weighted by Crippen LogP contribution is -2.05. The molecule has 6 heteroatoms. The first kappa shape index (κ1) is 13.1. The molecule has 0 saturated carbocycles. The Labute approximate surface area is 111 Å². The van der Waals surface area contributed by atoms with Crippen LogP contribution in [0.1, 0.15) is 25.5 Å². The third-order valence-electron chi connectivity index (χ3n) is 2.94. The zero-order valence-corrected chi connectivity index (χ0v) is 10.9. The summed E-state index contributed by atoms with van der Waals surface area (Å²) >= 11 is 0. The van der Waals surface area contributed by atoms with Gasteiger partial charge in [-0.25, -0.2) is 0 Å². The molecule has 1 aromatic heterocycles. The summed E-state index contributed by atoms with van der Waals surface area (Å²) in [7, 11) is 0. The molecule has 0 fully saturated rings. The lowest BCUT2D eigenvalue weighted by Gasteiger charge is -2.13. The van der Waals surface area contributed by atoms with Crippen molar-refractivity contribution < 1.29 is 4.92 Å². The first-order valence-corrected chi connectivity index (χ1v) is 6.13. The van der Waals surface area contributed by atoms with E-state index in [0.29, 0.717) is 0 Å². The van der Waals surface area contributed by atoms with Crippen LogP contribution in [0.15, 0.2) is 36.7 Å². The van der Waals surface area contributed by atoms with E-state index in [1.165, 1.54) is 12.1 Å². The van der Waals surface area contributed by atoms with Gasteiger partial charge in [-0.1, -0.05) is 0 Å². The molecule has 1 N–H and O–H groups in total. The summed E-state index contributed by atoms with van der Waals surface area (Å²) in [5.74, 6) is 0. The van der Waals surface area contributed by atoms with Crippen LogP contribution in [0.25, 0.3) is 0 Å². The van der Waals surface area contributed by atoms with Gasteiger partial charge in [0, 0.05) is 36.1 Å². The summed E-state index contributed by atoms with van der Waals surface area (Å²) in [6.07, 6.45) is 3.82. The van der Waals surface area contributed by atoms with Crippen LogP contribution in [0.4, 0.5) is 11.4 Å². The Balaban J connectivity index is 2.05. The molecule has 100 valence electrons. The van der Waals surface area contributed by atoms with Crippen molar-refractivity contribution in [1.82, 2.24) is 9.78 Å². The van der Waals surface area contributed by atoms with Gasteiger partial charge in [-0.2, -0.15) is 5.10 Å². The molecule has 0 aliphatic carbocycles. The number of nitro groups is 1. The van der Waals surface area contributed by atoms with Crippen molar-refractivity contribution in [3.05, 3.63) is 52.3 Å². The monoisotopic (exact) mass is 260 g/mol. The summed E-state index contributed by atoms with van der Waals surface area (Å²) in [6, 6.07) is 6.49. The molecular formula is C13H16N4O2. The molecule has 1 unspecified atom stereocenters. The fourth-order valence-corrected chi connectivity index (χ4v) is 1.79. The molecule has 0 amide bonds. The molecule has 0 radical (unpaired) electrons. The number of anilines is 1. The molecule has 0 bridgehead atoms. The number of benzene rings is 1. The minimum absolute atomic E-state index is 0.0944. The average Bonchev–Trinajstić information content (AvgIpc) is 2.88. The Hall–Kier alpha value is -2.37. The lowest BCUT2D eigenvalue weighted by molar-refractivity contribution is -0.384. The van der Waals surface area contributed by atoms with E-state index in [1.54, 1.807) is 12.1 Å². The van der Waals surface area contributed by atoms with Gasteiger partial charge in [-0.3, -0.25) is 14.8 Å². The van der Waals surface area contributed by atoms with E-state index in [-0.39, 0.29) is 11.7 Å². The summed E-state index contributed by atoms with van der Waals surface area (Å²) in [6.45, 7) is 4.90. The van der Waals surface area contributed by atoms with Crippen molar-refractivity contribution in [3.8, 4) is 0 Å². The second-order valence-corrected chi connectivity index (χ2v) is 4.30. The van der Waals surface area contributed by atoms with Crippen molar-refractivity contribution in [2.45, 2.75) is 26.4 Å². The van der Waals surface area contributed by atoms with Crippen LogP contribution in [-0.4, -0.2) is 14.7 Å². The second-order valence-electron chi connectivity index (χ2n) is 4.30. The molecule has 1 heterocycles. The highest BCUT2D eigenvalue weighted by Gasteiger charge is 2.09. The maximum Gasteiger partial charge on any atom is 0.269 e. The van der Waals surface area contributed by atoms with Gasteiger partial charge in [0.2, 0.25) is 0 Å². The Morgan fingerprint density at radius 2 is 2.11 bits per heavy atom. The fourth-order valence-electron chi connectivity index (χ4n) is 1.79. The third-order valence-corrected chi connectivity index (χ3v) is 2.94. The maximum absolute atomic E-state index is 10.6. The van der Waals surface area contributed by atoms with Crippen molar-refractivity contribution >= 4 is 11.4 Å². The summed E-state index contributed by atoms with van der Waals surface area (Å²) in [5, 5.41) is 18.1. The van der Waals surface area contributed by atoms with Crippen LogP contribution in [0, 0.1) is 10.1 Å². The summed E-state index contributed by atoms with van der Waals surface area (Å²) in [4.78, 5) is 10.2. The van der Waals surface area contributed by atoms with E-state index in [0.717, 1.165) is 17.8 Å². The zero-order valence-electron chi connectivity index (χ0n) is 10.9. The van der Waals surface area contributed by atoms with E-state index >= 15 is 0 Å². The number of hydrogen-bond donors (Lipinski definition) is 1. The van der Waals surface area contributed by atoms with Crippen molar-refractivity contribution in [2.75, 3.05) is 5.32 Å². The second kappa shape index (κ2) is 5.51. The molecule has 0 aliphatic heterocycles. The van der Waals surface area contributed by atoms with Crippen molar-refractivity contribution in [3.63, 3.8) is 0 Å². The molecule has 0 saturated heterocycles. The van der Waals surface area contributed by atoms with Crippen LogP contribution < -0.4 is 5.32 Å². The zero-order chi connectivity index (χ0) is 13.8. The lowest BCUT2D eigenvalue weighted by atomic mass is 10.2. The normalized spacial score (nSPS) is 12.1. The minimum atomic E-state index is -0.404. The molecular weight excluding hydrogens is 244 g/mol. The van der Waals surface area contributed by atoms with E-state index in [1.807, 2.05) is 30.9 Å². The summed E-state index contributed by atoms with van der Waals surface area (Å²) in [5.41, 5.74) is 2.03. The third kappa shape index (κ3) is 3.09. The number of hydrogen-bond acceptors (Lipinski definition) is 4. The van der Waals surface area contributed by atoms with Crippen LogP contribution >= 0.6 is 0 Å². The Bertz CT molecular complexity index is 562.